The molecule has 1 nitrogen and oxygen atoms in total. The number of hydrogen-bond donors (Lipinski definition) is 0. The molecule has 1 atom stereocenters. The van der Waals surface area contributed by atoms with Crippen molar-refractivity contribution in [3.05, 3.63) is 34.9 Å². The maximum atomic E-state index is 5.39. The van der Waals surface area contributed by atoms with Crippen molar-refractivity contribution in [2.45, 2.75) is 26.2 Å². The summed E-state index contributed by atoms with van der Waals surface area (Å²) in [5.41, 5.74) is 4.18. The highest BCUT2D eigenvalue weighted by Gasteiger charge is 2.17. The van der Waals surface area contributed by atoms with E-state index in [1.54, 1.807) is 0 Å². The first kappa shape index (κ1) is 15.0. The Morgan fingerprint density at radius 3 is 2.19 bits per heavy atom. The summed E-state index contributed by atoms with van der Waals surface area (Å²) in [5.74, 6) is 0.638. The average molecular weight is 360 g/mol. The van der Waals surface area contributed by atoms with Gasteiger partial charge in [-0.3, -0.25) is 25.8 Å². The van der Waals surface area contributed by atoms with Crippen molar-refractivity contribution < 1.29 is 4.74 Å². The minimum Gasteiger partial charge on any atom is -0.381 e. The summed E-state index contributed by atoms with van der Waals surface area (Å²) in [6.07, 6.45) is 1.18. The number of rotatable bonds is 1. The van der Waals surface area contributed by atoms with Gasteiger partial charge >= 0.3 is 16.0 Å². The van der Waals surface area contributed by atoms with E-state index in [0.29, 0.717) is 5.92 Å². The van der Waals surface area contributed by atoms with Crippen molar-refractivity contribution in [3.63, 3.8) is 0 Å². The lowest BCUT2D eigenvalue weighted by molar-refractivity contribution is 0.194. The summed E-state index contributed by atoms with van der Waals surface area (Å²) in [5, 5.41) is 0. The molecule has 1 saturated heterocycles. The van der Waals surface area contributed by atoms with Crippen LogP contribution in [0.25, 0.3) is 0 Å². The minimum absolute atomic E-state index is 0.0417. The maximum Gasteiger partial charge on any atom is 0.560 e. The molecule has 1 aliphatic rings. The van der Waals surface area contributed by atoms with Crippen LogP contribution in [0.2, 0.25) is 0 Å². The normalized spacial score (nSPS) is 18.6. The summed E-state index contributed by atoms with van der Waals surface area (Å²) >= 11 is 6.44. The smallest absolute Gasteiger partial charge is 0.381 e. The van der Waals surface area contributed by atoms with E-state index in [1.165, 1.54) is 23.1 Å². The predicted octanol–water partition coefficient (Wildman–Crippen LogP) is 4.12. The summed E-state index contributed by atoms with van der Waals surface area (Å²) in [7, 11) is 0. The van der Waals surface area contributed by atoms with Gasteiger partial charge in [-0.2, -0.15) is 0 Å². The van der Waals surface area contributed by atoms with Crippen LogP contribution in [0.15, 0.2) is 18.2 Å². The van der Waals surface area contributed by atoms with Crippen molar-refractivity contribution >= 4 is 41.8 Å². The van der Waals surface area contributed by atoms with E-state index >= 15 is 0 Å². The van der Waals surface area contributed by atoms with Gasteiger partial charge in [0, 0.05) is 12.5 Å². The van der Waals surface area contributed by atoms with Gasteiger partial charge in [0.25, 0.3) is 0 Å². The van der Waals surface area contributed by atoms with E-state index in [1.807, 2.05) is 0 Å². The predicted molar refractivity (Wildman–Crippen MR) is 77.7 cm³/mol. The Balaban J connectivity index is 0.000000386. The summed E-state index contributed by atoms with van der Waals surface area (Å²) in [6.45, 7) is 6.15. The molecular formula is C12H16Br2MgO. The fourth-order valence-electron chi connectivity index (χ4n) is 2.04. The summed E-state index contributed by atoms with van der Waals surface area (Å²) in [4.78, 5) is 0. The summed E-state index contributed by atoms with van der Waals surface area (Å²) in [6, 6.07) is 6.79. The van der Waals surface area contributed by atoms with Crippen LogP contribution in [0.3, 0.4) is 0 Å². The monoisotopic (exact) mass is 358 g/mol. The Morgan fingerprint density at radius 2 is 1.75 bits per heavy atom. The Bertz CT molecular complexity index is 305. The van der Waals surface area contributed by atoms with Crippen molar-refractivity contribution in [2.75, 3.05) is 13.2 Å². The van der Waals surface area contributed by atoms with Crippen LogP contribution in [0.5, 0.6) is 0 Å². The molecule has 2 rings (SSSR count). The average Bonchev–Trinajstić information content (AvgIpc) is 2.69. The van der Waals surface area contributed by atoms with E-state index < -0.39 is 0 Å². The van der Waals surface area contributed by atoms with Gasteiger partial charge in [-0.05, 0) is 25.8 Å². The molecule has 1 aromatic carbocycles. The number of hydrogen-bond acceptors (Lipinski definition) is 1. The van der Waals surface area contributed by atoms with Crippen LogP contribution < -0.4 is 0 Å². The topological polar surface area (TPSA) is 9.23 Å². The Kier molecular flexibility index (Phi) is 7.56. The van der Waals surface area contributed by atoms with Crippen molar-refractivity contribution in [2.24, 2.45) is 0 Å². The largest absolute Gasteiger partial charge is 0.560 e. The van der Waals surface area contributed by atoms with Gasteiger partial charge in [0.2, 0.25) is 0 Å². The molecule has 1 heterocycles. The summed E-state index contributed by atoms with van der Waals surface area (Å²) < 4.78 is 5.39. The van der Waals surface area contributed by atoms with Gasteiger partial charge in [0.15, 0.2) is 0 Å². The van der Waals surface area contributed by atoms with Crippen LogP contribution in [0.4, 0.5) is 0 Å². The first-order chi connectivity index (χ1) is 7.67. The molecule has 0 bridgehead atoms. The standard InChI is InChI=1S/C12H16O.2BrH.Mg/c1-9-5-10(2)7-12(6-9)11-3-4-13-8-11;;;/h5-7,11H,3-4,8H2,1-2H3;2*1H;/q;;;+2/p-2. The SMILES string of the molecule is Cc1cc(C)cc(C2CCOC2)c1.[Br][Mg][Br]. The number of aryl methyl sites for hydroxylation is 2. The van der Waals surface area contributed by atoms with Gasteiger partial charge in [0.05, 0.1) is 6.61 Å². The van der Waals surface area contributed by atoms with E-state index in [-0.39, 0.29) is 16.0 Å². The molecule has 0 N–H and O–H groups in total. The molecule has 0 aliphatic carbocycles. The number of halogens is 2. The van der Waals surface area contributed by atoms with E-state index in [9.17, 15) is 0 Å². The second kappa shape index (κ2) is 8.09. The first-order valence-corrected chi connectivity index (χ1v) is 13.2. The third-order valence-electron chi connectivity index (χ3n) is 2.65. The highest BCUT2D eigenvalue weighted by Crippen LogP contribution is 2.26. The fourth-order valence-corrected chi connectivity index (χ4v) is 2.04. The van der Waals surface area contributed by atoms with Crippen LogP contribution in [-0.4, -0.2) is 29.2 Å². The molecule has 0 spiro atoms. The minimum atomic E-state index is 0.0417. The molecule has 0 saturated carbocycles. The third-order valence-corrected chi connectivity index (χ3v) is 2.65. The van der Waals surface area contributed by atoms with Crippen LogP contribution in [-0.2, 0) is 4.74 Å². The zero-order valence-corrected chi connectivity index (χ0v) is 14.4. The van der Waals surface area contributed by atoms with Gasteiger partial charge in [0.1, 0.15) is 0 Å². The van der Waals surface area contributed by atoms with Gasteiger partial charge < -0.3 is 4.74 Å². The molecule has 1 aromatic rings. The molecule has 1 fully saturated rings. The zero-order valence-electron chi connectivity index (χ0n) is 9.80. The van der Waals surface area contributed by atoms with E-state index in [0.717, 1.165) is 13.2 Å². The molecule has 0 radical (unpaired) electrons. The van der Waals surface area contributed by atoms with E-state index in [2.05, 4.69) is 57.8 Å². The Labute approximate surface area is 120 Å². The first-order valence-electron chi connectivity index (χ1n) is 5.45. The molecule has 1 unspecified atom stereocenters. The van der Waals surface area contributed by atoms with Crippen LogP contribution in [0.1, 0.15) is 29.0 Å². The molecule has 0 amide bonds. The van der Waals surface area contributed by atoms with Gasteiger partial charge in [-0.1, -0.05) is 29.3 Å². The van der Waals surface area contributed by atoms with Crippen molar-refractivity contribution in [1.82, 2.24) is 0 Å². The molecule has 0 aromatic heterocycles. The number of benzene rings is 1. The molecule has 16 heavy (non-hydrogen) atoms. The third kappa shape index (κ3) is 5.04. The molecule has 86 valence electrons. The highest BCUT2D eigenvalue weighted by atomic mass is 79.9. The van der Waals surface area contributed by atoms with Crippen LogP contribution in [0, 0.1) is 13.8 Å². The zero-order chi connectivity index (χ0) is 12.0. The lowest BCUT2D eigenvalue weighted by Crippen LogP contribution is -1.98. The molecular weight excluding hydrogens is 344 g/mol. The Hall–Kier alpha value is 0.906. The second-order valence-corrected chi connectivity index (χ2v) is 12.2. The lowest BCUT2D eigenvalue weighted by Gasteiger charge is -2.09. The fraction of sp³-hybridized carbons (Fsp3) is 0.500. The lowest BCUT2D eigenvalue weighted by atomic mass is 9.95. The Morgan fingerprint density at radius 1 is 1.19 bits per heavy atom. The molecule has 1 aliphatic heterocycles. The van der Waals surface area contributed by atoms with E-state index in [4.69, 9.17) is 4.74 Å². The van der Waals surface area contributed by atoms with Crippen molar-refractivity contribution in [1.29, 1.82) is 0 Å². The van der Waals surface area contributed by atoms with Crippen molar-refractivity contribution in [3.8, 4) is 0 Å². The quantitative estimate of drug-likeness (QED) is 0.685. The van der Waals surface area contributed by atoms with Crippen LogP contribution >= 0.6 is 25.8 Å². The second-order valence-electron chi connectivity index (χ2n) is 4.08. The molecule has 4 heteroatoms. The van der Waals surface area contributed by atoms with Gasteiger partial charge in [-0.25, -0.2) is 0 Å². The van der Waals surface area contributed by atoms with Gasteiger partial charge in [-0.15, -0.1) is 0 Å². The highest BCUT2D eigenvalue weighted by molar-refractivity contribution is 9.47. The number of ether oxygens (including phenoxy) is 1. The maximum absolute atomic E-state index is 5.39.